The Labute approximate surface area is 111 Å². The molecule has 0 spiro atoms. The zero-order valence-electron chi connectivity index (χ0n) is 9.93. The van der Waals surface area contributed by atoms with Gasteiger partial charge in [0.25, 0.3) is 0 Å². The van der Waals surface area contributed by atoms with Gasteiger partial charge in [-0.25, -0.2) is 0 Å². The Morgan fingerprint density at radius 3 is 2.22 bits per heavy atom. The first-order valence-electron chi connectivity index (χ1n) is 6.32. The second-order valence-corrected chi connectivity index (χ2v) is 5.43. The SMILES string of the molecule is O=C1[C@H]2CCCC[C@H]2C(=O)N1c1cccc(Cl)c1. The number of anilines is 1. The van der Waals surface area contributed by atoms with Crippen LogP contribution in [0.25, 0.3) is 0 Å². The summed E-state index contributed by atoms with van der Waals surface area (Å²) < 4.78 is 0. The maximum absolute atomic E-state index is 12.3. The summed E-state index contributed by atoms with van der Waals surface area (Å²) in [5.74, 6) is -0.311. The Kier molecular flexibility index (Phi) is 2.86. The smallest absolute Gasteiger partial charge is 0.237 e. The van der Waals surface area contributed by atoms with Crippen molar-refractivity contribution in [2.45, 2.75) is 25.7 Å². The molecule has 0 unspecified atom stereocenters. The van der Waals surface area contributed by atoms with Crippen LogP contribution in [0.1, 0.15) is 25.7 Å². The number of benzene rings is 1. The second-order valence-electron chi connectivity index (χ2n) is 4.99. The Hall–Kier alpha value is -1.35. The Morgan fingerprint density at radius 2 is 1.67 bits per heavy atom. The molecule has 4 heteroatoms. The molecule has 2 aliphatic rings. The van der Waals surface area contributed by atoms with Gasteiger partial charge in [0.1, 0.15) is 0 Å². The fraction of sp³-hybridized carbons (Fsp3) is 0.429. The minimum atomic E-state index is -0.106. The highest BCUT2D eigenvalue weighted by atomic mass is 35.5. The molecule has 2 atom stereocenters. The predicted molar refractivity (Wildman–Crippen MR) is 69.4 cm³/mol. The van der Waals surface area contributed by atoms with Crippen molar-refractivity contribution in [3.63, 3.8) is 0 Å². The van der Waals surface area contributed by atoms with Crippen molar-refractivity contribution in [1.29, 1.82) is 0 Å². The van der Waals surface area contributed by atoms with E-state index in [0.717, 1.165) is 25.7 Å². The molecule has 1 saturated heterocycles. The quantitative estimate of drug-likeness (QED) is 0.731. The Morgan fingerprint density at radius 1 is 1.06 bits per heavy atom. The summed E-state index contributed by atoms with van der Waals surface area (Å²) in [7, 11) is 0. The van der Waals surface area contributed by atoms with Gasteiger partial charge in [0, 0.05) is 5.02 Å². The monoisotopic (exact) mass is 263 g/mol. The summed E-state index contributed by atoms with van der Waals surface area (Å²) >= 11 is 5.92. The average Bonchev–Trinajstić information content (AvgIpc) is 2.63. The molecule has 94 valence electrons. The van der Waals surface area contributed by atoms with Crippen molar-refractivity contribution in [2.75, 3.05) is 4.90 Å². The lowest BCUT2D eigenvalue weighted by atomic mass is 9.81. The number of rotatable bonds is 1. The molecule has 0 radical (unpaired) electrons. The first-order valence-corrected chi connectivity index (χ1v) is 6.69. The van der Waals surface area contributed by atoms with Crippen LogP contribution in [-0.2, 0) is 9.59 Å². The van der Waals surface area contributed by atoms with Crippen LogP contribution in [0.2, 0.25) is 5.02 Å². The summed E-state index contributed by atoms with van der Waals surface area (Å²) in [6, 6.07) is 6.94. The molecule has 3 rings (SSSR count). The highest BCUT2D eigenvalue weighted by Gasteiger charge is 2.48. The van der Waals surface area contributed by atoms with Gasteiger partial charge in [0.15, 0.2) is 0 Å². The molecule has 18 heavy (non-hydrogen) atoms. The molecule has 2 fully saturated rings. The van der Waals surface area contributed by atoms with Gasteiger partial charge in [0.05, 0.1) is 17.5 Å². The van der Waals surface area contributed by atoms with Crippen molar-refractivity contribution >= 4 is 29.1 Å². The van der Waals surface area contributed by atoms with E-state index < -0.39 is 0 Å². The normalized spacial score (nSPS) is 27.5. The Bertz CT molecular complexity index is 490. The third-order valence-corrected chi connectivity index (χ3v) is 4.14. The fourth-order valence-electron chi connectivity index (χ4n) is 3.03. The van der Waals surface area contributed by atoms with Crippen LogP contribution in [-0.4, -0.2) is 11.8 Å². The van der Waals surface area contributed by atoms with Gasteiger partial charge < -0.3 is 0 Å². The molecule has 1 heterocycles. The van der Waals surface area contributed by atoms with Crippen molar-refractivity contribution in [3.05, 3.63) is 29.3 Å². The standard InChI is InChI=1S/C14H14ClNO2/c15-9-4-3-5-10(8-9)16-13(17)11-6-1-2-7-12(11)14(16)18/h3-5,8,11-12H,1-2,6-7H2/t11-,12+. The largest absolute Gasteiger partial charge is 0.274 e. The van der Waals surface area contributed by atoms with Gasteiger partial charge >= 0.3 is 0 Å². The number of hydrogen-bond acceptors (Lipinski definition) is 2. The molecular weight excluding hydrogens is 250 g/mol. The van der Waals surface area contributed by atoms with E-state index in [4.69, 9.17) is 11.6 Å². The molecule has 1 aromatic carbocycles. The number of amides is 2. The molecule has 1 aliphatic heterocycles. The zero-order chi connectivity index (χ0) is 12.7. The van der Waals surface area contributed by atoms with E-state index in [1.807, 2.05) is 0 Å². The second kappa shape index (κ2) is 4.39. The first kappa shape index (κ1) is 11.7. The molecule has 0 bridgehead atoms. The topological polar surface area (TPSA) is 37.4 Å². The predicted octanol–water partition coefficient (Wildman–Crippen LogP) is 3.02. The molecule has 1 saturated carbocycles. The molecule has 0 aromatic heterocycles. The lowest BCUT2D eigenvalue weighted by Crippen LogP contribution is -2.30. The van der Waals surface area contributed by atoms with Gasteiger partial charge in [-0.1, -0.05) is 30.5 Å². The zero-order valence-corrected chi connectivity index (χ0v) is 10.7. The summed E-state index contributed by atoms with van der Waals surface area (Å²) in [4.78, 5) is 26.0. The average molecular weight is 264 g/mol. The summed E-state index contributed by atoms with van der Waals surface area (Å²) in [6.45, 7) is 0. The van der Waals surface area contributed by atoms with E-state index in [1.165, 1.54) is 4.90 Å². The van der Waals surface area contributed by atoms with E-state index in [2.05, 4.69) is 0 Å². The maximum atomic E-state index is 12.3. The molecule has 1 aliphatic carbocycles. The molecule has 3 nitrogen and oxygen atoms in total. The number of carbonyl (C=O) groups is 2. The number of fused-ring (bicyclic) bond motifs is 1. The third-order valence-electron chi connectivity index (χ3n) is 3.91. The lowest BCUT2D eigenvalue weighted by Gasteiger charge is -2.19. The van der Waals surface area contributed by atoms with Crippen LogP contribution < -0.4 is 4.90 Å². The third kappa shape index (κ3) is 1.74. The van der Waals surface area contributed by atoms with E-state index in [-0.39, 0.29) is 23.7 Å². The number of carbonyl (C=O) groups excluding carboxylic acids is 2. The van der Waals surface area contributed by atoms with Crippen molar-refractivity contribution in [1.82, 2.24) is 0 Å². The molecule has 2 amide bonds. The number of halogens is 1. The minimum Gasteiger partial charge on any atom is -0.274 e. The number of hydrogen-bond donors (Lipinski definition) is 0. The van der Waals surface area contributed by atoms with Crippen LogP contribution in [0.5, 0.6) is 0 Å². The number of nitrogens with zero attached hydrogens (tertiary/aromatic N) is 1. The van der Waals surface area contributed by atoms with Crippen LogP contribution in [0.15, 0.2) is 24.3 Å². The summed E-state index contributed by atoms with van der Waals surface area (Å²) in [5, 5.41) is 0.544. The van der Waals surface area contributed by atoms with Crippen LogP contribution in [0, 0.1) is 11.8 Å². The van der Waals surface area contributed by atoms with Gasteiger partial charge in [0.2, 0.25) is 11.8 Å². The molecular formula is C14H14ClNO2. The van der Waals surface area contributed by atoms with E-state index >= 15 is 0 Å². The van der Waals surface area contributed by atoms with Gasteiger partial charge in [-0.2, -0.15) is 0 Å². The first-order chi connectivity index (χ1) is 8.68. The van der Waals surface area contributed by atoms with Gasteiger partial charge in [-0.05, 0) is 31.0 Å². The highest BCUT2D eigenvalue weighted by molar-refractivity contribution is 6.31. The van der Waals surface area contributed by atoms with Crippen LogP contribution in [0.3, 0.4) is 0 Å². The van der Waals surface area contributed by atoms with Crippen molar-refractivity contribution < 1.29 is 9.59 Å². The summed E-state index contributed by atoms with van der Waals surface area (Å²) in [5.41, 5.74) is 0.604. The maximum Gasteiger partial charge on any atom is 0.237 e. The fourth-order valence-corrected chi connectivity index (χ4v) is 3.22. The highest BCUT2D eigenvalue weighted by Crippen LogP contribution is 2.40. The van der Waals surface area contributed by atoms with E-state index in [9.17, 15) is 9.59 Å². The van der Waals surface area contributed by atoms with Crippen LogP contribution >= 0.6 is 11.6 Å². The van der Waals surface area contributed by atoms with Gasteiger partial charge in [-0.3, -0.25) is 14.5 Å². The van der Waals surface area contributed by atoms with Gasteiger partial charge in [-0.15, -0.1) is 0 Å². The molecule has 0 N–H and O–H groups in total. The van der Waals surface area contributed by atoms with Crippen molar-refractivity contribution in [3.8, 4) is 0 Å². The minimum absolute atomic E-state index is 0.0491. The Balaban J connectivity index is 1.97. The lowest BCUT2D eigenvalue weighted by molar-refractivity contribution is -0.122. The van der Waals surface area contributed by atoms with E-state index in [0.29, 0.717) is 10.7 Å². The van der Waals surface area contributed by atoms with Crippen LogP contribution in [0.4, 0.5) is 5.69 Å². The molecule has 1 aromatic rings. The van der Waals surface area contributed by atoms with E-state index in [1.54, 1.807) is 24.3 Å². The number of imide groups is 1. The van der Waals surface area contributed by atoms with Crippen molar-refractivity contribution in [2.24, 2.45) is 11.8 Å². The summed E-state index contributed by atoms with van der Waals surface area (Å²) in [6.07, 6.45) is 3.77.